The van der Waals surface area contributed by atoms with E-state index in [1.165, 1.54) is 8.61 Å². The number of nitrogens with zero attached hydrogens (tertiary/aromatic N) is 2. The van der Waals surface area contributed by atoms with Gasteiger partial charge in [0.2, 0.25) is 0 Å². The van der Waals surface area contributed by atoms with Crippen LogP contribution >= 0.6 is 0 Å². The summed E-state index contributed by atoms with van der Waals surface area (Å²) in [5.41, 5.74) is 5.77. The van der Waals surface area contributed by atoms with Gasteiger partial charge in [0.05, 0.1) is 12.2 Å². The monoisotopic (exact) mass is 528 g/mol. The molecule has 0 bridgehead atoms. The van der Waals surface area contributed by atoms with Crippen LogP contribution in [-0.4, -0.2) is 52.5 Å². The van der Waals surface area contributed by atoms with E-state index in [1.54, 1.807) is 0 Å². The number of aliphatic hydroxyl groups is 2. The van der Waals surface area contributed by atoms with Crippen molar-refractivity contribution in [2.45, 2.75) is 31.7 Å². The zero-order chi connectivity index (χ0) is 26.5. The van der Waals surface area contributed by atoms with Crippen molar-refractivity contribution in [1.29, 1.82) is 0 Å². The van der Waals surface area contributed by atoms with E-state index in [0.29, 0.717) is 6.42 Å². The summed E-state index contributed by atoms with van der Waals surface area (Å²) in [6.45, 7) is -0.180. The predicted octanol–water partition coefficient (Wildman–Crippen LogP) is 4.23. The Morgan fingerprint density at radius 1 is 0.605 bits per heavy atom. The Labute approximate surface area is 224 Å². The maximum atomic E-state index is 14.0. The van der Waals surface area contributed by atoms with Gasteiger partial charge in [0, 0.05) is 26.2 Å². The molecule has 2 N–H and O–H groups in total. The number of hydrogen-bond acceptors (Lipinski definition) is 4. The molecule has 0 amide bonds. The number of β-amino-alcohol motifs (C(OH)–C–C–N with tert-alkyl or cyclic N) is 2. The summed E-state index contributed by atoms with van der Waals surface area (Å²) in [6.07, 6.45) is -1.72. The molecule has 0 unspecified atom stereocenters. The minimum absolute atomic E-state index is 0.0827. The van der Waals surface area contributed by atoms with Crippen LogP contribution in [0.3, 0.4) is 0 Å². The third-order valence-electron chi connectivity index (χ3n) is 7.03. The van der Waals surface area contributed by atoms with E-state index in [0.717, 1.165) is 33.4 Å². The summed E-state index contributed by atoms with van der Waals surface area (Å²) < 4.78 is 30.5. The van der Waals surface area contributed by atoms with Crippen molar-refractivity contribution in [2.24, 2.45) is 0 Å². The summed E-state index contributed by atoms with van der Waals surface area (Å²) in [4.78, 5) is 0. The van der Waals surface area contributed by atoms with E-state index in [4.69, 9.17) is 0 Å². The SMILES string of the molecule is O=S1(=O)N(Cc2ccccc2Cc2ccccc2)C[C@H](O)[C@@H](O)CN1Cc1ccccc1-c1ccccc1. The Morgan fingerprint density at radius 3 is 1.71 bits per heavy atom. The van der Waals surface area contributed by atoms with Crippen molar-refractivity contribution < 1.29 is 18.6 Å². The normalized spacial score (nSPS) is 20.2. The van der Waals surface area contributed by atoms with Crippen LogP contribution < -0.4 is 0 Å². The van der Waals surface area contributed by atoms with E-state index >= 15 is 0 Å². The Bertz CT molecular complexity index is 1460. The molecule has 2 atom stereocenters. The molecule has 5 rings (SSSR count). The van der Waals surface area contributed by atoms with Crippen LogP contribution in [0, 0.1) is 0 Å². The molecule has 0 aromatic heterocycles. The van der Waals surface area contributed by atoms with Crippen molar-refractivity contribution in [2.75, 3.05) is 13.1 Å². The van der Waals surface area contributed by atoms with Crippen molar-refractivity contribution in [3.05, 3.63) is 131 Å². The molecule has 1 aliphatic heterocycles. The molecular formula is C31H32N2O4S. The maximum absolute atomic E-state index is 14.0. The lowest BCUT2D eigenvalue weighted by Gasteiger charge is -2.28. The molecule has 196 valence electrons. The van der Waals surface area contributed by atoms with Gasteiger partial charge in [-0.25, -0.2) is 0 Å². The summed E-state index contributed by atoms with van der Waals surface area (Å²) >= 11 is 0. The quantitative estimate of drug-likeness (QED) is 0.376. The topological polar surface area (TPSA) is 81.1 Å². The van der Waals surface area contributed by atoms with Crippen LogP contribution in [-0.2, 0) is 29.7 Å². The van der Waals surface area contributed by atoms with Crippen molar-refractivity contribution in [3.8, 4) is 11.1 Å². The second-order valence-electron chi connectivity index (χ2n) is 9.68. The van der Waals surface area contributed by atoms with E-state index in [2.05, 4.69) is 0 Å². The smallest absolute Gasteiger partial charge is 0.282 e. The highest BCUT2D eigenvalue weighted by molar-refractivity contribution is 7.86. The molecule has 1 heterocycles. The summed E-state index contributed by atoms with van der Waals surface area (Å²) in [5.74, 6) is 0. The fourth-order valence-electron chi connectivity index (χ4n) is 4.94. The van der Waals surface area contributed by atoms with Gasteiger partial charge in [-0.2, -0.15) is 17.0 Å². The highest BCUT2D eigenvalue weighted by atomic mass is 32.2. The van der Waals surface area contributed by atoms with Crippen LogP contribution in [0.5, 0.6) is 0 Å². The van der Waals surface area contributed by atoms with Crippen LogP contribution in [0.1, 0.15) is 22.3 Å². The van der Waals surface area contributed by atoms with Gasteiger partial charge in [-0.1, -0.05) is 109 Å². The lowest BCUT2D eigenvalue weighted by molar-refractivity contribution is 0.00888. The van der Waals surface area contributed by atoms with Crippen LogP contribution in [0.4, 0.5) is 0 Å². The Kier molecular flexibility index (Phi) is 8.02. The average molecular weight is 529 g/mol. The largest absolute Gasteiger partial charge is 0.389 e. The number of rotatable bonds is 7. The number of benzene rings is 4. The van der Waals surface area contributed by atoms with Crippen LogP contribution in [0.25, 0.3) is 11.1 Å². The van der Waals surface area contributed by atoms with Gasteiger partial charge in [0.1, 0.15) is 0 Å². The van der Waals surface area contributed by atoms with Gasteiger partial charge in [-0.3, -0.25) is 0 Å². The highest BCUT2D eigenvalue weighted by Gasteiger charge is 2.39. The summed E-state index contributed by atoms with van der Waals surface area (Å²) in [5, 5.41) is 21.4. The van der Waals surface area contributed by atoms with Crippen molar-refractivity contribution in [3.63, 3.8) is 0 Å². The Balaban J connectivity index is 1.45. The Morgan fingerprint density at radius 2 is 1.08 bits per heavy atom. The minimum Gasteiger partial charge on any atom is -0.389 e. The van der Waals surface area contributed by atoms with E-state index in [-0.39, 0.29) is 26.2 Å². The summed E-state index contributed by atoms with van der Waals surface area (Å²) in [7, 11) is -4.00. The average Bonchev–Trinajstić information content (AvgIpc) is 3.01. The zero-order valence-corrected chi connectivity index (χ0v) is 21.9. The second kappa shape index (κ2) is 11.6. The minimum atomic E-state index is -4.00. The van der Waals surface area contributed by atoms with Gasteiger partial charge in [0.25, 0.3) is 10.2 Å². The highest BCUT2D eigenvalue weighted by Crippen LogP contribution is 2.28. The third-order valence-corrected chi connectivity index (χ3v) is 8.89. The standard InChI is InChI=1S/C31H32N2O4S/c34-30-22-32(20-27-16-8-7-15-26(27)19-24-11-3-1-4-12-24)38(36,37)33(23-31(30)35)21-28-17-9-10-18-29(28)25-13-5-2-6-14-25/h1-18,30-31,34-35H,19-23H2/t30-,31-/m0/s1. The van der Waals surface area contributed by atoms with Gasteiger partial charge in [-0.15, -0.1) is 0 Å². The number of aliphatic hydroxyl groups excluding tert-OH is 2. The molecule has 0 radical (unpaired) electrons. The van der Waals surface area contributed by atoms with Gasteiger partial charge < -0.3 is 10.2 Å². The molecular weight excluding hydrogens is 496 g/mol. The first-order valence-electron chi connectivity index (χ1n) is 12.8. The number of hydrogen-bond donors (Lipinski definition) is 2. The molecule has 1 saturated heterocycles. The molecule has 0 aliphatic carbocycles. The van der Waals surface area contributed by atoms with E-state index in [1.807, 2.05) is 109 Å². The first-order chi connectivity index (χ1) is 18.4. The third kappa shape index (κ3) is 5.88. The zero-order valence-electron chi connectivity index (χ0n) is 21.1. The van der Waals surface area contributed by atoms with Gasteiger partial charge in [0.15, 0.2) is 0 Å². The molecule has 7 heteroatoms. The molecule has 1 aliphatic rings. The lowest BCUT2D eigenvalue weighted by Crippen LogP contribution is -2.42. The van der Waals surface area contributed by atoms with Crippen molar-refractivity contribution in [1.82, 2.24) is 8.61 Å². The molecule has 38 heavy (non-hydrogen) atoms. The molecule has 4 aromatic rings. The van der Waals surface area contributed by atoms with Crippen LogP contribution in [0.15, 0.2) is 109 Å². The molecule has 4 aromatic carbocycles. The van der Waals surface area contributed by atoms with Gasteiger partial charge >= 0.3 is 0 Å². The fourth-order valence-corrected chi connectivity index (χ4v) is 6.56. The Hall–Kier alpha value is -3.33. The molecule has 1 fully saturated rings. The second-order valence-corrected chi connectivity index (χ2v) is 11.6. The lowest BCUT2D eigenvalue weighted by atomic mass is 9.99. The first kappa shape index (κ1) is 26.3. The first-order valence-corrected chi connectivity index (χ1v) is 14.2. The van der Waals surface area contributed by atoms with Crippen LogP contribution in [0.2, 0.25) is 0 Å². The summed E-state index contributed by atoms with van der Waals surface area (Å²) in [6, 6.07) is 35.3. The van der Waals surface area contributed by atoms with Crippen molar-refractivity contribution >= 4 is 10.2 Å². The molecule has 0 spiro atoms. The molecule has 6 nitrogen and oxygen atoms in total. The molecule has 0 saturated carbocycles. The fraction of sp³-hybridized carbons (Fsp3) is 0.226. The van der Waals surface area contributed by atoms with E-state index in [9.17, 15) is 18.6 Å². The van der Waals surface area contributed by atoms with E-state index < -0.39 is 22.4 Å². The van der Waals surface area contributed by atoms with Gasteiger partial charge in [-0.05, 0) is 39.8 Å². The maximum Gasteiger partial charge on any atom is 0.282 e. The predicted molar refractivity (Wildman–Crippen MR) is 149 cm³/mol.